The third-order valence-electron chi connectivity index (χ3n) is 11.2. The fourth-order valence-electron chi connectivity index (χ4n) is 7.96. The molecular formula is C45H56ClN3O7. The first kappa shape index (κ1) is 41.4. The number of hydrogen-bond donors (Lipinski definition) is 3. The van der Waals surface area contributed by atoms with E-state index in [9.17, 15) is 20.1 Å². The van der Waals surface area contributed by atoms with Crippen LogP contribution < -0.4 is 14.2 Å². The molecule has 0 amide bonds. The number of aliphatic hydroxyl groups excluding tert-OH is 2. The van der Waals surface area contributed by atoms with Crippen LogP contribution in [0.3, 0.4) is 0 Å². The van der Waals surface area contributed by atoms with Crippen LogP contribution >= 0.6 is 11.6 Å². The summed E-state index contributed by atoms with van der Waals surface area (Å²) in [6, 6.07) is 17.6. The van der Waals surface area contributed by atoms with Gasteiger partial charge in [0.1, 0.15) is 36.5 Å². The maximum Gasteiger partial charge on any atom is 0.320 e. The number of ether oxygens (including phenoxy) is 3. The summed E-state index contributed by atoms with van der Waals surface area (Å²) in [7, 11) is 0. The van der Waals surface area contributed by atoms with Crippen molar-refractivity contribution in [2.75, 3.05) is 39.4 Å². The highest BCUT2D eigenvalue weighted by Gasteiger charge is 2.29. The number of likely N-dealkylation sites (tertiary alicyclic amines) is 2. The van der Waals surface area contributed by atoms with Crippen molar-refractivity contribution in [1.29, 1.82) is 0 Å². The number of carboxylic acids is 1. The Hall–Kier alpha value is -4.19. The number of aromatic nitrogens is 1. The zero-order chi connectivity index (χ0) is 39.6. The van der Waals surface area contributed by atoms with E-state index in [1.54, 1.807) is 6.20 Å². The summed E-state index contributed by atoms with van der Waals surface area (Å²) in [5.41, 5.74) is 8.25. The summed E-state index contributed by atoms with van der Waals surface area (Å²) < 4.78 is 19.3. The number of carboxylic acid groups (broad SMARTS) is 1. The standard InChI is InChI=1S/C45H56ClN3O7/c1-4-32-18-34(22-47-21-32)28-55-43-20-44(40(46)19-36(43)24-49-17-6-5-14-41(49)45(52)53)56-29-35-11-7-12-38(30(35)2)39-13-8-15-42(31(39)3)54-27-33-10-9-16-48(23-33)25-37(51)26-50/h7-8,11-13,15,18-22,33,37,41,50-51H,4-6,9-10,14,16-17,23-29H2,1-3H3,(H,52,53)/t33-,37?,41+/m1/s1. The van der Waals surface area contributed by atoms with Crippen LogP contribution in [-0.4, -0.2) is 87.6 Å². The number of pyridine rings is 1. The predicted molar refractivity (Wildman–Crippen MR) is 219 cm³/mol. The fraction of sp³-hybridized carbons (Fsp3) is 0.467. The highest BCUT2D eigenvalue weighted by molar-refractivity contribution is 6.32. The van der Waals surface area contributed by atoms with Crippen LogP contribution in [0, 0.1) is 19.8 Å². The quantitative estimate of drug-likeness (QED) is 0.0985. The second-order valence-corrected chi connectivity index (χ2v) is 15.7. The fourth-order valence-corrected chi connectivity index (χ4v) is 8.21. The Morgan fingerprint density at radius 3 is 2.43 bits per heavy atom. The minimum atomic E-state index is -0.809. The molecule has 3 aromatic carbocycles. The second-order valence-electron chi connectivity index (χ2n) is 15.3. The van der Waals surface area contributed by atoms with Gasteiger partial charge in [0.2, 0.25) is 0 Å². The predicted octanol–water partition coefficient (Wildman–Crippen LogP) is 7.62. The normalized spacial score (nSPS) is 18.4. The van der Waals surface area contributed by atoms with Crippen LogP contribution in [0.15, 0.2) is 67.0 Å². The maximum absolute atomic E-state index is 12.1. The van der Waals surface area contributed by atoms with Crippen molar-refractivity contribution in [2.24, 2.45) is 5.92 Å². The SMILES string of the molecule is CCc1cncc(COc2cc(OCc3cccc(-c4cccc(OC[C@@H]5CCCN(CC(O)CO)C5)c4C)c3C)c(Cl)cc2CN2CCCC[C@H]2C(=O)O)c1. The van der Waals surface area contributed by atoms with Crippen LogP contribution in [0.25, 0.3) is 11.1 Å². The molecule has 300 valence electrons. The number of aliphatic carboxylic acids is 1. The first-order valence-electron chi connectivity index (χ1n) is 19.9. The van der Waals surface area contributed by atoms with E-state index in [0.29, 0.717) is 61.7 Å². The van der Waals surface area contributed by atoms with Crippen molar-refractivity contribution >= 4 is 17.6 Å². The first-order valence-corrected chi connectivity index (χ1v) is 20.3. The lowest BCUT2D eigenvalue weighted by atomic mass is 9.93. The van der Waals surface area contributed by atoms with E-state index in [1.807, 2.05) is 41.4 Å². The van der Waals surface area contributed by atoms with Gasteiger partial charge in [-0.05, 0) is 111 Å². The number of piperidine rings is 2. The van der Waals surface area contributed by atoms with E-state index in [-0.39, 0.29) is 13.2 Å². The summed E-state index contributed by atoms with van der Waals surface area (Å²) >= 11 is 6.91. The molecule has 0 bridgehead atoms. The Morgan fingerprint density at radius 2 is 1.64 bits per heavy atom. The summed E-state index contributed by atoms with van der Waals surface area (Å²) in [5.74, 6) is 1.48. The van der Waals surface area contributed by atoms with Crippen LogP contribution in [0.2, 0.25) is 5.02 Å². The van der Waals surface area contributed by atoms with Crippen molar-refractivity contribution in [3.8, 4) is 28.4 Å². The van der Waals surface area contributed by atoms with E-state index in [4.69, 9.17) is 25.8 Å². The maximum atomic E-state index is 12.1. The third kappa shape index (κ3) is 10.6. The molecule has 2 saturated heterocycles. The topological polar surface area (TPSA) is 125 Å². The zero-order valence-electron chi connectivity index (χ0n) is 32.9. The number of β-amino-alcohol motifs (C(OH)–C–C–N with tert-alkyl or cyclic N) is 1. The second kappa shape index (κ2) is 19.8. The molecule has 0 saturated carbocycles. The largest absolute Gasteiger partial charge is 0.493 e. The van der Waals surface area contributed by atoms with E-state index >= 15 is 0 Å². The van der Waals surface area contributed by atoms with Crippen LogP contribution in [0.4, 0.5) is 0 Å². The Kier molecular flexibility index (Phi) is 14.6. The molecular weight excluding hydrogens is 730 g/mol. The lowest BCUT2D eigenvalue weighted by Gasteiger charge is -2.33. The van der Waals surface area contributed by atoms with Gasteiger partial charge >= 0.3 is 5.97 Å². The minimum absolute atomic E-state index is 0.225. The lowest BCUT2D eigenvalue weighted by Crippen LogP contribution is -2.44. The molecule has 6 rings (SSSR count). The summed E-state index contributed by atoms with van der Waals surface area (Å²) in [5, 5.41) is 29.6. The van der Waals surface area contributed by atoms with Gasteiger partial charge < -0.3 is 34.4 Å². The van der Waals surface area contributed by atoms with E-state index in [2.05, 4.69) is 54.9 Å². The Labute approximate surface area is 336 Å². The van der Waals surface area contributed by atoms with Crippen molar-refractivity contribution < 1.29 is 34.3 Å². The molecule has 2 aliphatic rings. The molecule has 1 unspecified atom stereocenters. The molecule has 4 aromatic rings. The van der Waals surface area contributed by atoms with Gasteiger partial charge in [0.05, 0.1) is 24.3 Å². The van der Waals surface area contributed by atoms with Crippen molar-refractivity contribution in [3.05, 3.63) is 105 Å². The van der Waals surface area contributed by atoms with E-state index < -0.39 is 18.1 Å². The molecule has 0 radical (unpaired) electrons. The number of carbonyl (C=O) groups is 1. The van der Waals surface area contributed by atoms with Gasteiger partial charge in [0.15, 0.2) is 0 Å². The van der Waals surface area contributed by atoms with Crippen LogP contribution in [-0.2, 0) is 31.0 Å². The van der Waals surface area contributed by atoms with Gasteiger partial charge in [0.25, 0.3) is 0 Å². The number of hydrogen-bond acceptors (Lipinski definition) is 9. The summed E-state index contributed by atoms with van der Waals surface area (Å²) in [6.45, 7) is 10.6. The van der Waals surface area contributed by atoms with Gasteiger partial charge in [-0.25, -0.2) is 0 Å². The molecule has 56 heavy (non-hydrogen) atoms. The molecule has 2 aliphatic heterocycles. The number of aliphatic hydroxyl groups is 2. The first-order chi connectivity index (χ1) is 27.1. The monoisotopic (exact) mass is 785 g/mol. The number of halogens is 1. The molecule has 3 atom stereocenters. The number of benzene rings is 3. The van der Waals surface area contributed by atoms with Crippen molar-refractivity contribution in [3.63, 3.8) is 0 Å². The molecule has 3 heterocycles. The van der Waals surface area contributed by atoms with Crippen LogP contribution in [0.5, 0.6) is 17.2 Å². The average molecular weight is 786 g/mol. The van der Waals surface area contributed by atoms with E-state index in [1.165, 1.54) is 0 Å². The Bertz CT molecular complexity index is 1940. The lowest BCUT2D eigenvalue weighted by molar-refractivity contribution is -0.144. The van der Waals surface area contributed by atoms with Gasteiger partial charge in [-0.3, -0.25) is 14.7 Å². The van der Waals surface area contributed by atoms with Gasteiger partial charge in [-0.2, -0.15) is 0 Å². The highest BCUT2D eigenvalue weighted by atomic mass is 35.5. The number of rotatable bonds is 17. The smallest absolute Gasteiger partial charge is 0.320 e. The van der Waals surface area contributed by atoms with Gasteiger partial charge in [-0.1, -0.05) is 55.3 Å². The molecule has 0 aliphatic carbocycles. The van der Waals surface area contributed by atoms with Crippen LogP contribution in [0.1, 0.15) is 72.4 Å². The van der Waals surface area contributed by atoms with Gasteiger partial charge in [0, 0.05) is 55.1 Å². The zero-order valence-corrected chi connectivity index (χ0v) is 33.6. The van der Waals surface area contributed by atoms with Crippen molar-refractivity contribution in [1.82, 2.24) is 14.8 Å². The molecule has 1 aromatic heterocycles. The summed E-state index contributed by atoms with van der Waals surface area (Å²) in [4.78, 5) is 20.7. The van der Waals surface area contributed by atoms with Gasteiger partial charge in [-0.15, -0.1) is 0 Å². The summed E-state index contributed by atoms with van der Waals surface area (Å²) in [6.07, 6.45) is 8.37. The highest BCUT2D eigenvalue weighted by Crippen LogP contribution is 2.37. The Balaban J connectivity index is 1.18. The number of nitrogens with zero attached hydrogens (tertiary/aromatic N) is 3. The Morgan fingerprint density at radius 1 is 0.875 bits per heavy atom. The third-order valence-corrected chi connectivity index (χ3v) is 11.5. The molecule has 0 spiro atoms. The molecule has 2 fully saturated rings. The molecule has 10 nitrogen and oxygen atoms in total. The number of aryl methyl sites for hydroxylation is 1. The minimum Gasteiger partial charge on any atom is -0.493 e. The average Bonchev–Trinajstić information content (AvgIpc) is 3.20. The molecule has 3 N–H and O–H groups in total. The van der Waals surface area contributed by atoms with E-state index in [0.717, 1.165) is 95.5 Å². The van der Waals surface area contributed by atoms with Crippen molar-refractivity contribution in [2.45, 2.75) is 91.2 Å². The molecule has 11 heteroatoms.